The fourth-order valence-electron chi connectivity index (χ4n) is 1.64. The second kappa shape index (κ2) is 7.77. The van der Waals surface area contributed by atoms with Gasteiger partial charge in [-0.15, -0.1) is 0 Å². The Labute approximate surface area is 121 Å². The average Bonchev–Trinajstić information content (AvgIpc) is 2.34. The molecular formula is C13H18BrClN2O. The van der Waals surface area contributed by atoms with Crippen molar-refractivity contribution in [2.45, 2.75) is 32.2 Å². The highest BCUT2D eigenvalue weighted by Crippen LogP contribution is 2.21. The number of benzene rings is 1. The number of hydrogen-bond acceptors (Lipinski definition) is 2. The van der Waals surface area contributed by atoms with Gasteiger partial charge in [-0.25, -0.2) is 0 Å². The first-order chi connectivity index (χ1) is 8.58. The molecule has 5 heteroatoms. The Hall–Kier alpha value is -0.580. The number of hydrogen-bond donors (Lipinski definition) is 2. The Bertz CT molecular complexity index is 412. The van der Waals surface area contributed by atoms with Crippen LogP contribution in [-0.4, -0.2) is 18.5 Å². The van der Waals surface area contributed by atoms with Crippen LogP contribution in [0.2, 0.25) is 5.02 Å². The van der Waals surface area contributed by atoms with Crippen molar-refractivity contribution in [1.82, 2.24) is 5.32 Å². The topological polar surface area (TPSA) is 55.1 Å². The molecule has 0 radical (unpaired) electrons. The first-order valence-electron chi connectivity index (χ1n) is 6.04. The lowest BCUT2D eigenvalue weighted by molar-refractivity contribution is 0.0936. The van der Waals surface area contributed by atoms with Gasteiger partial charge in [0, 0.05) is 17.1 Å². The van der Waals surface area contributed by atoms with Gasteiger partial charge in [-0.2, -0.15) is 0 Å². The molecule has 1 amide bonds. The van der Waals surface area contributed by atoms with Gasteiger partial charge in [0.1, 0.15) is 0 Å². The second-order valence-corrected chi connectivity index (χ2v) is 5.50. The van der Waals surface area contributed by atoms with E-state index in [0.717, 1.165) is 23.7 Å². The maximum Gasteiger partial charge on any atom is 0.253 e. The van der Waals surface area contributed by atoms with E-state index < -0.39 is 0 Å². The van der Waals surface area contributed by atoms with Crippen molar-refractivity contribution in [3.63, 3.8) is 0 Å². The monoisotopic (exact) mass is 332 g/mol. The van der Waals surface area contributed by atoms with Gasteiger partial charge < -0.3 is 11.1 Å². The molecule has 0 aromatic heterocycles. The zero-order valence-corrected chi connectivity index (χ0v) is 12.7. The number of amides is 1. The van der Waals surface area contributed by atoms with Gasteiger partial charge >= 0.3 is 0 Å². The minimum absolute atomic E-state index is 0.0113. The van der Waals surface area contributed by atoms with Crippen LogP contribution < -0.4 is 11.1 Å². The van der Waals surface area contributed by atoms with Crippen LogP contribution in [0.4, 0.5) is 0 Å². The van der Waals surface area contributed by atoms with Crippen molar-refractivity contribution < 1.29 is 4.79 Å². The largest absolute Gasteiger partial charge is 0.348 e. The summed E-state index contributed by atoms with van der Waals surface area (Å²) in [6.45, 7) is 2.56. The van der Waals surface area contributed by atoms with E-state index in [2.05, 4.69) is 28.2 Å². The first-order valence-corrected chi connectivity index (χ1v) is 7.21. The Morgan fingerprint density at radius 3 is 2.83 bits per heavy atom. The molecule has 18 heavy (non-hydrogen) atoms. The number of nitrogens with two attached hydrogens (primary N) is 1. The molecule has 0 aliphatic carbocycles. The molecule has 0 fully saturated rings. The van der Waals surface area contributed by atoms with Crippen LogP contribution in [0.15, 0.2) is 22.7 Å². The summed E-state index contributed by atoms with van der Waals surface area (Å²) >= 11 is 9.34. The molecule has 100 valence electrons. The van der Waals surface area contributed by atoms with Crippen molar-refractivity contribution in [3.8, 4) is 0 Å². The van der Waals surface area contributed by atoms with Crippen LogP contribution in [-0.2, 0) is 0 Å². The van der Waals surface area contributed by atoms with Crippen molar-refractivity contribution in [2.75, 3.05) is 6.54 Å². The summed E-state index contributed by atoms with van der Waals surface area (Å²) in [5.74, 6) is -0.168. The van der Waals surface area contributed by atoms with Crippen LogP contribution in [0.3, 0.4) is 0 Å². The van der Waals surface area contributed by atoms with E-state index in [-0.39, 0.29) is 11.9 Å². The van der Waals surface area contributed by atoms with Crippen LogP contribution in [0, 0.1) is 0 Å². The minimum atomic E-state index is -0.168. The summed E-state index contributed by atoms with van der Waals surface area (Å²) < 4.78 is 0.852. The third-order valence-electron chi connectivity index (χ3n) is 2.70. The first kappa shape index (κ1) is 15.5. The van der Waals surface area contributed by atoms with Gasteiger partial charge in [-0.1, -0.05) is 47.3 Å². The average molecular weight is 334 g/mol. The van der Waals surface area contributed by atoms with Gasteiger partial charge in [0.05, 0.1) is 10.6 Å². The summed E-state index contributed by atoms with van der Waals surface area (Å²) in [6, 6.07) is 5.22. The third-order valence-corrected chi connectivity index (χ3v) is 3.51. The van der Waals surface area contributed by atoms with Crippen molar-refractivity contribution in [1.29, 1.82) is 0 Å². The van der Waals surface area contributed by atoms with Crippen LogP contribution in [0.5, 0.6) is 0 Å². The number of halogens is 2. The van der Waals surface area contributed by atoms with Gasteiger partial charge in [0.25, 0.3) is 5.91 Å². The molecule has 1 rings (SSSR count). The van der Waals surface area contributed by atoms with Crippen molar-refractivity contribution in [2.24, 2.45) is 5.73 Å². The highest BCUT2D eigenvalue weighted by molar-refractivity contribution is 9.10. The zero-order valence-electron chi connectivity index (χ0n) is 10.4. The molecule has 0 bridgehead atoms. The standard InChI is InChI=1S/C13H18BrClN2O/c1-2-3-4-10(8-16)17-13(18)11-6-5-9(14)7-12(11)15/h5-7,10H,2-4,8,16H2,1H3,(H,17,18). The second-order valence-electron chi connectivity index (χ2n) is 4.17. The summed E-state index contributed by atoms with van der Waals surface area (Å²) in [7, 11) is 0. The molecule has 1 unspecified atom stereocenters. The molecule has 3 N–H and O–H groups in total. The molecule has 0 saturated heterocycles. The van der Waals surface area contributed by atoms with Crippen LogP contribution in [0.25, 0.3) is 0 Å². The van der Waals surface area contributed by atoms with Gasteiger partial charge in [0.2, 0.25) is 0 Å². The minimum Gasteiger partial charge on any atom is -0.348 e. The molecule has 0 saturated carbocycles. The fraction of sp³-hybridized carbons (Fsp3) is 0.462. The van der Waals surface area contributed by atoms with Gasteiger partial charge in [-0.3, -0.25) is 4.79 Å². The fourth-order valence-corrected chi connectivity index (χ4v) is 2.40. The van der Waals surface area contributed by atoms with E-state index in [1.807, 2.05) is 0 Å². The van der Waals surface area contributed by atoms with Gasteiger partial charge in [0.15, 0.2) is 0 Å². The Morgan fingerprint density at radius 2 is 2.28 bits per heavy atom. The van der Waals surface area contributed by atoms with E-state index in [9.17, 15) is 4.79 Å². The lowest BCUT2D eigenvalue weighted by atomic mass is 10.1. The molecule has 1 aromatic rings. The lowest BCUT2D eigenvalue weighted by Gasteiger charge is -2.17. The smallest absolute Gasteiger partial charge is 0.253 e. The number of nitrogens with one attached hydrogen (secondary N) is 1. The zero-order chi connectivity index (χ0) is 13.5. The maximum atomic E-state index is 12.0. The van der Waals surface area contributed by atoms with Crippen LogP contribution >= 0.6 is 27.5 Å². The molecule has 1 aromatic carbocycles. The van der Waals surface area contributed by atoms with Crippen molar-refractivity contribution >= 4 is 33.4 Å². The number of rotatable bonds is 6. The molecule has 0 aliphatic rings. The highest BCUT2D eigenvalue weighted by Gasteiger charge is 2.14. The number of carbonyl (C=O) groups excluding carboxylic acids is 1. The normalized spacial score (nSPS) is 12.2. The summed E-state index contributed by atoms with van der Waals surface area (Å²) in [5.41, 5.74) is 6.13. The Morgan fingerprint density at radius 1 is 1.56 bits per heavy atom. The lowest BCUT2D eigenvalue weighted by Crippen LogP contribution is -2.40. The number of carbonyl (C=O) groups is 1. The molecular weight excluding hydrogens is 316 g/mol. The van der Waals surface area contributed by atoms with Gasteiger partial charge in [-0.05, 0) is 24.6 Å². The summed E-state index contributed by atoms with van der Waals surface area (Å²) in [4.78, 5) is 12.0. The predicted octanol–water partition coefficient (Wildman–Crippen LogP) is 3.35. The van der Waals surface area contributed by atoms with E-state index in [0.29, 0.717) is 17.1 Å². The van der Waals surface area contributed by atoms with E-state index in [4.69, 9.17) is 17.3 Å². The predicted molar refractivity (Wildman–Crippen MR) is 79.0 cm³/mol. The van der Waals surface area contributed by atoms with Crippen molar-refractivity contribution in [3.05, 3.63) is 33.3 Å². The maximum absolute atomic E-state index is 12.0. The van der Waals surface area contributed by atoms with Crippen LogP contribution in [0.1, 0.15) is 36.5 Å². The number of unbranched alkanes of at least 4 members (excludes halogenated alkanes) is 1. The van der Waals surface area contributed by atoms with E-state index in [1.54, 1.807) is 18.2 Å². The SMILES string of the molecule is CCCCC(CN)NC(=O)c1ccc(Br)cc1Cl. The Kier molecular flexibility index (Phi) is 6.68. The molecule has 3 nitrogen and oxygen atoms in total. The molecule has 0 aliphatic heterocycles. The third kappa shape index (κ3) is 4.59. The highest BCUT2D eigenvalue weighted by atomic mass is 79.9. The molecule has 0 spiro atoms. The van der Waals surface area contributed by atoms with E-state index in [1.165, 1.54) is 0 Å². The molecule has 0 heterocycles. The Balaban J connectivity index is 2.68. The summed E-state index contributed by atoms with van der Waals surface area (Å²) in [5, 5.41) is 3.35. The quantitative estimate of drug-likeness (QED) is 0.839. The van der Waals surface area contributed by atoms with E-state index >= 15 is 0 Å². The summed E-state index contributed by atoms with van der Waals surface area (Å²) in [6.07, 6.45) is 3.04. The molecule has 1 atom stereocenters.